The Morgan fingerprint density at radius 2 is 1.75 bits per heavy atom. The Kier molecular flexibility index (Phi) is 7.02. The summed E-state index contributed by atoms with van der Waals surface area (Å²) in [5, 5.41) is 4.11. The number of anilines is 1. The van der Waals surface area contributed by atoms with Crippen LogP contribution in [0.15, 0.2) is 116 Å². The highest BCUT2D eigenvalue weighted by atomic mass is 35.5. The first-order chi connectivity index (χ1) is 19.4. The topological polar surface area (TPSA) is 76.6 Å². The minimum Gasteiger partial charge on any atom is -0.457 e. The summed E-state index contributed by atoms with van der Waals surface area (Å²) in [6, 6.07) is 26.6. The molecule has 1 atom stereocenters. The second kappa shape index (κ2) is 10.8. The van der Waals surface area contributed by atoms with Crippen molar-refractivity contribution < 1.29 is 9.21 Å². The number of nitrogens with zero attached hydrogens (tertiary/aromatic N) is 2. The van der Waals surface area contributed by atoms with Gasteiger partial charge in [-0.3, -0.25) is 14.2 Å². The Morgan fingerprint density at radius 1 is 0.975 bits per heavy atom. The minimum absolute atomic E-state index is 0.276. The molecule has 0 spiro atoms. The lowest BCUT2D eigenvalue weighted by atomic mass is 9.95. The average Bonchev–Trinajstić information content (AvgIpc) is 3.53. The van der Waals surface area contributed by atoms with E-state index >= 15 is 0 Å². The number of nitrogens with one attached hydrogen (secondary N) is 1. The number of hydrogen-bond donors (Lipinski definition) is 1. The number of carbonyl (C=O) groups excluding carboxylic acids is 1. The monoisotopic (exact) mass is 585 g/mol. The van der Waals surface area contributed by atoms with Crippen molar-refractivity contribution in [3.63, 3.8) is 0 Å². The fourth-order valence-corrected chi connectivity index (χ4v) is 5.99. The summed E-state index contributed by atoms with van der Waals surface area (Å²) in [5.41, 5.74) is 2.86. The van der Waals surface area contributed by atoms with E-state index in [9.17, 15) is 9.59 Å². The van der Waals surface area contributed by atoms with Gasteiger partial charge in [0.25, 0.3) is 11.5 Å². The van der Waals surface area contributed by atoms with Gasteiger partial charge in [-0.1, -0.05) is 77.0 Å². The first kappa shape index (κ1) is 26.1. The Morgan fingerprint density at radius 3 is 2.50 bits per heavy atom. The molecule has 0 unspecified atom stereocenters. The molecule has 3 aromatic carbocycles. The van der Waals surface area contributed by atoms with Gasteiger partial charge in [0.2, 0.25) is 0 Å². The van der Waals surface area contributed by atoms with Gasteiger partial charge in [-0.05, 0) is 61.0 Å². The molecule has 0 bridgehead atoms. The SMILES string of the molecule is CC1=C(C(=O)Nc2ccccc2)[C@H](c2ccc(Cl)cc2)n2c(s/c(=C/c3ccc(-c4cccc(Cl)c4)o3)c2=O)=N1. The van der Waals surface area contributed by atoms with E-state index in [-0.39, 0.29) is 11.5 Å². The van der Waals surface area contributed by atoms with Crippen LogP contribution in [0.2, 0.25) is 10.0 Å². The smallest absolute Gasteiger partial charge is 0.271 e. The second-order valence-corrected chi connectivity index (χ2v) is 11.0. The number of furan rings is 1. The zero-order chi connectivity index (χ0) is 27.8. The number of thiazole rings is 1. The molecule has 6 nitrogen and oxygen atoms in total. The van der Waals surface area contributed by atoms with Crippen LogP contribution in [-0.2, 0) is 4.79 Å². The number of para-hydroxylation sites is 1. The van der Waals surface area contributed by atoms with Crippen LogP contribution in [0.5, 0.6) is 0 Å². The zero-order valence-corrected chi connectivity index (χ0v) is 23.4. The van der Waals surface area contributed by atoms with E-state index in [1.807, 2.05) is 54.6 Å². The number of benzene rings is 3. The Labute approximate surface area is 243 Å². The molecule has 0 saturated carbocycles. The third kappa shape index (κ3) is 5.07. The molecule has 0 saturated heterocycles. The maximum absolute atomic E-state index is 13.9. The van der Waals surface area contributed by atoms with Gasteiger partial charge in [-0.15, -0.1) is 0 Å². The van der Waals surface area contributed by atoms with Crippen molar-refractivity contribution in [2.24, 2.45) is 4.99 Å². The van der Waals surface area contributed by atoms with Crippen LogP contribution in [0.1, 0.15) is 24.3 Å². The summed E-state index contributed by atoms with van der Waals surface area (Å²) >= 11 is 13.5. The molecule has 0 aliphatic carbocycles. The van der Waals surface area contributed by atoms with Crippen LogP contribution in [0, 0.1) is 0 Å². The van der Waals surface area contributed by atoms with E-state index < -0.39 is 6.04 Å². The van der Waals surface area contributed by atoms with E-state index in [0.717, 1.165) is 11.1 Å². The summed E-state index contributed by atoms with van der Waals surface area (Å²) in [6.07, 6.45) is 1.69. The lowest BCUT2D eigenvalue weighted by Crippen LogP contribution is -2.40. The molecule has 1 amide bonds. The van der Waals surface area contributed by atoms with Crippen LogP contribution < -0.4 is 20.2 Å². The number of halogens is 2. The maximum atomic E-state index is 13.9. The molecule has 0 fully saturated rings. The highest BCUT2D eigenvalue weighted by Crippen LogP contribution is 2.31. The van der Waals surface area contributed by atoms with Gasteiger partial charge in [-0.25, -0.2) is 4.99 Å². The highest BCUT2D eigenvalue weighted by Gasteiger charge is 2.32. The van der Waals surface area contributed by atoms with Crippen molar-refractivity contribution >= 4 is 52.2 Å². The predicted octanol–water partition coefficient (Wildman–Crippen LogP) is 6.44. The molecule has 1 aliphatic heterocycles. The number of amides is 1. The second-order valence-electron chi connectivity index (χ2n) is 9.17. The fourth-order valence-electron chi connectivity index (χ4n) is 4.65. The molecule has 0 radical (unpaired) electrons. The first-order valence-electron chi connectivity index (χ1n) is 12.4. The minimum atomic E-state index is -0.696. The molecule has 2 aromatic heterocycles. The fraction of sp³-hybridized carbons (Fsp3) is 0.0645. The lowest BCUT2D eigenvalue weighted by molar-refractivity contribution is -0.113. The molecular weight excluding hydrogens is 565 g/mol. The standard InChI is InChI=1S/C31H21Cl2N3O3S/c1-18-27(29(37)35-23-8-3-2-4-9-23)28(19-10-12-21(32)13-11-19)36-30(38)26(40-31(36)34-18)17-24-14-15-25(39-24)20-6-5-7-22(33)16-20/h2-17,28H,1H3,(H,35,37)/b26-17+/t28-/m0/s1. The quantitative estimate of drug-likeness (QED) is 0.258. The number of hydrogen-bond acceptors (Lipinski definition) is 5. The van der Waals surface area contributed by atoms with Crippen LogP contribution in [0.25, 0.3) is 17.4 Å². The largest absolute Gasteiger partial charge is 0.457 e. The molecule has 198 valence electrons. The highest BCUT2D eigenvalue weighted by molar-refractivity contribution is 7.07. The van der Waals surface area contributed by atoms with Gasteiger partial charge in [0.15, 0.2) is 4.80 Å². The molecule has 40 heavy (non-hydrogen) atoms. The number of allylic oxidation sites excluding steroid dienone is 1. The number of aromatic nitrogens is 1. The van der Waals surface area contributed by atoms with Crippen LogP contribution in [0.4, 0.5) is 5.69 Å². The first-order valence-corrected chi connectivity index (χ1v) is 13.9. The van der Waals surface area contributed by atoms with Gasteiger partial charge in [0.05, 0.1) is 21.8 Å². The summed E-state index contributed by atoms with van der Waals surface area (Å²) < 4.78 is 8.01. The van der Waals surface area contributed by atoms with Gasteiger partial charge in [-0.2, -0.15) is 0 Å². The van der Waals surface area contributed by atoms with Gasteiger partial charge in [0, 0.05) is 27.4 Å². The third-order valence-corrected chi connectivity index (χ3v) is 7.96. The normalized spacial score (nSPS) is 15.1. The van der Waals surface area contributed by atoms with Crippen molar-refractivity contribution in [2.45, 2.75) is 13.0 Å². The van der Waals surface area contributed by atoms with Crippen molar-refractivity contribution in [3.8, 4) is 11.3 Å². The Bertz CT molecular complexity index is 1960. The van der Waals surface area contributed by atoms with E-state index in [0.29, 0.717) is 47.9 Å². The third-order valence-electron chi connectivity index (χ3n) is 6.49. The number of fused-ring (bicyclic) bond motifs is 1. The van der Waals surface area contributed by atoms with E-state index in [1.54, 1.807) is 54.0 Å². The van der Waals surface area contributed by atoms with Crippen LogP contribution in [-0.4, -0.2) is 10.5 Å². The molecule has 6 rings (SSSR count). The van der Waals surface area contributed by atoms with Crippen molar-refractivity contribution in [1.29, 1.82) is 0 Å². The Balaban J connectivity index is 1.45. The molecule has 1 N–H and O–H groups in total. The van der Waals surface area contributed by atoms with Crippen LogP contribution in [0.3, 0.4) is 0 Å². The molecule has 5 aromatic rings. The zero-order valence-electron chi connectivity index (χ0n) is 21.1. The molecule has 9 heteroatoms. The van der Waals surface area contributed by atoms with Crippen molar-refractivity contribution in [2.75, 3.05) is 5.32 Å². The van der Waals surface area contributed by atoms with Crippen LogP contribution >= 0.6 is 34.5 Å². The van der Waals surface area contributed by atoms with Gasteiger partial charge in [0.1, 0.15) is 11.5 Å². The van der Waals surface area contributed by atoms with Gasteiger partial charge >= 0.3 is 0 Å². The van der Waals surface area contributed by atoms with Gasteiger partial charge < -0.3 is 9.73 Å². The van der Waals surface area contributed by atoms with E-state index in [1.165, 1.54) is 11.3 Å². The summed E-state index contributed by atoms with van der Waals surface area (Å²) in [6.45, 7) is 1.78. The predicted molar refractivity (Wildman–Crippen MR) is 159 cm³/mol. The summed E-state index contributed by atoms with van der Waals surface area (Å²) in [7, 11) is 0. The van der Waals surface area contributed by atoms with Crippen molar-refractivity contribution in [3.05, 3.63) is 143 Å². The Hall–Kier alpha value is -4.17. The summed E-state index contributed by atoms with van der Waals surface area (Å²) in [5.74, 6) is 0.816. The van der Waals surface area contributed by atoms with E-state index in [2.05, 4.69) is 10.3 Å². The number of carbonyl (C=O) groups is 1. The van der Waals surface area contributed by atoms with E-state index in [4.69, 9.17) is 27.6 Å². The molecule has 1 aliphatic rings. The van der Waals surface area contributed by atoms with Crippen molar-refractivity contribution in [1.82, 2.24) is 4.57 Å². The number of rotatable bonds is 5. The average molecular weight is 587 g/mol. The molecule has 3 heterocycles. The summed E-state index contributed by atoms with van der Waals surface area (Å²) in [4.78, 5) is 32.6. The lowest BCUT2D eigenvalue weighted by Gasteiger charge is -2.25. The molecular formula is C31H21Cl2N3O3S. The maximum Gasteiger partial charge on any atom is 0.271 e.